The Bertz CT molecular complexity index is 438. The second-order valence-corrected chi connectivity index (χ2v) is 5.55. The van der Waals surface area contributed by atoms with Gasteiger partial charge in [0.15, 0.2) is 0 Å². The number of nitrogens with two attached hydrogens (primary N) is 1. The molecule has 0 aromatic heterocycles. The predicted octanol–water partition coefficient (Wildman–Crippen LogP) is 1.44. The number of likely N-dealkylation sites (N-methyl/N-ethyl adjacent to an activating group) is 1. The second-order valence-electron chi connectivity index (χ2n) is 4.63. The number of benzene rings is 1. The standard InChI is InChI=1S/C13H18BrN3O/c1-16-9-13(18)17(8-12(16)5-6-15)11-4-2-3-10(14)7-11/h2-4,7,12H,5-6,8-9,15H2,1H3. The van der Waals surface area contributed by atoms with Crippen LogP contribution in [0.3, 0.4) is 0 Å². The largest absolute Gasteiger partial charge is 0.330 e. The third-order valence-electron chi connectivity index (χ3n) is 3.32. The van der Waals surface area contributed by atoms with Crippen molar-refractivity contribution in [1.82, 2.24) is 4.90 Å². The van der Waals surface area contributed by atoms with Crippen LogP contribution in [0.15, 0.2) is 28.7 Å². The average Bonchev–Trinajstić information content (AvgIpc) is 2.33. The quantitative estimate of drug-likeness (QED) is 0.919. The van der Waals surface area contributed by atoms with Gasteiger partial charge < -0.3 is 10.6 Å². The Balaban J connectivity index is 2.19. The Morgan fingerprint density at radius 1 is 1.50 bits per heavy atom. The molecule has 1 aliphatic heterocycles. The first-order valence-electron chi connectivity index (χ1n) is 6.08. The summed E-state index contributed by atoms with van der Waals surface area (Å²) >= 11 is 3.44. The normalized spacial score (nSPS) is 21.4. The molecule has 0 saturated carbocycles. The van der Waals surface area contributed by atoms with Gasteiger partial charge in [-0.25, -0.2) is 0 Å². The lowest BCUT2D eigenvalue weighted by Crippen LogP contribution is -2.55. The molecule has 1 aromatic rings. The van der Waals surface area contributed by atoms with Crippen LogP contribution < -0.4 is 10.6 Å². The van der Waals surface area contributed by atoms with E-state index in [0.717, 1.165) is 16.6 Å². The molecule has 0 spiro atoms. The SMILES string of the molecule is CN1CC(=O)N(c2cccc(Br)c2)CC1CCN. The number of rotatable bonds is 3. The summed E-state index contributed by atoms with van der Waals surface area (Å²) in [6, 6.07) is 8.19. The number of hydrogen-bond donors (Lipinski definition) is 1. The molecule has 4 nitrogen and oxygen atoms in total. The summed E-state index contributed by atoms with van der Waals surface area (Å²) < 4.78 is 0.988. The lowest BCUT2D eigenvalue weighted by Gasteiger charge is -2.39. The van der Waals surface area contributed by atoms with Crippen LogP contribution >= 0.6 is 15.9 Å². The van der Waals surface area contributed by atoms with Gasteiger partial charge in [0.2, 0.25) is 5.91 Å². The minimum absolute atomic E-state index is 0.142. The van der Waals surface area contributed by atoms with E-state index in [-0.39, 0.29) is 5.91 Å². The molecule has 1 fully saturated rings. The highest BCUT2D eigenvalue weighted by molar-refractivity contribution is 9.10. The van der Waals surface area contributed by atoms with Crippen LogP contribution in [0, 0.1) is 0 Å². The molecule has 1 unspecified atom stereocenters. The van der Waals surface area contributed by atoms with E-state index in [1.807, 2.05) is 36.2 Å². The Hall–Kier alpha value is -0.910. The first kappa shape index (κ1) is 13.5. The summed E-state index contributed by atoms with van der Waals surface area (Å²) in [5, 5.41) is 0. The molecule has 1 amide bonds. The van der Waals surface area contributed by atoms with Crippen molar-refractivity contribution in [2.75, 3.05) is 31.6 Å². The van der Waals surface area contributed by atoms with Crippen molar-refractivity contribution in [1.29, 1.82) is 0 Å². The van der Waals surface area contributed by atoms with Crippen molar-refractivity contribution in [2.45, 2.75) is 12.5 Å². The minimum atomic E-state index is 0.142. The van der Waals surface area contributed by atoms with E-state index in [2.05, 4.69) is 20.8 Å². The van der Waals surface area contributed by atoms with Gasteiger partial charge in [0.25, 0.3) is 0 Å². The second kappa shape index (κ2) is 5.82. The molecule has 1 heterocycles. The number of halogens is 1. The summed E-state index contributed by atoms with van der Waals surface area (Å²) in [6.07, 6.45) is 0.911. The highest BCUT2D eigenvalue weighted by atomic mass is 79.9. The van der Waals surface area contributed by atoms with Crippen molar-refractivity contribution in [3.8, 4) is 0 Å². The van der Waals surface area contributed by atoms with Crippen LogP contribution in [-0.4, -0.2) is 43.5 Å². The van der Waals surface area contributed by atoms with Crippen LogP contribution in [0.4, 0.5) is 5.69 Å². The van der Waals surface area contributed by atoms with Gasteiger partial charge in [-0.05, 0) is 38.2 Å². The van der Waals surface area contributed by atoms with Crippen molar-refractivity contribution in [2.24, 2.45) is 5.73 Å². The van der Waals surface area contributed by atoms with Crippen molar-refractivity contribution in [3.05, 3.63) is 28.7 Å². The first-order valence-corrected chi connectivity index (χ1v) is 6.87. The molecule has 2 N–H and O–H groups in total. The highest BCUT2D eigenvalue weighted by Crippen LogP contribution is 2.23. The summed E-state index contributed by atoms with van der Waals surface area (Å²) in [7, 11) is 1.98. The van der Waals surface area contributed by atoms with E-state index < -0.39 is 0 Å². The molecule has 0 bridgehead atoms. The van der Waals surface area contributed by atoms with Crippen LogP contribution in [0.1, 0.15) is 6.42 Å². The molecule has 0 aliphatic carbocycles. The van der Waals surface area contributed by atoms with Crippen LogP contribution in [-0.2, 0) is 4.79 Å². The predicted molar refractivity (Wildman–Crippen MR) is 76.6 cm³/mol. The Kier molecular flexibility index (Phi) is 4.37. The molecule has 1 aliphatic rings. The molecule has 0 radical (unpaired) electrons. The molecule has 2 rings (SSSR count). The summed E-state index contributed by atoms with van der Waals surface area (Å²) in [6.45, 7) is 1.82. The molecular weight excluding hydrogens is 294 g/mol. The molecule has 98 valence electrons. The lowest BCUT2D eigenvalue weighted by atomic mass is 10.1. The van der Waals surface area contributed by atoms with Crippen LogP contribution in [0.2, 0.25) is 0 Å². The third kappa shape index (κ3) is 2.91. The van der Waals surface area contributed by atoms with Gasteiger partial charge in [0.05, 0.1) is 6.54 Å². The smallest absolute Gasteiger partial charge is 0.241 e. The average molecular weight is 312 g/mol. The van der Waals surface area contributed by atoms with Crippen LogP contribution in [0.25, 0.3) is 0 Å². The lowest BCUT2D eigenvalue weighted by molar-refractivity contribution is -0.122. The fourth-order valence-electron chi connectivity index (χ4n) is 2.28. The van der Waals surface area contributed by atoms with E-state index in [0.29, 0.717) is 25.7 Å². The van der Waals surface area contributed by atoms with Crippen molar-refractivity contribution < 1.29 is 4.79 Å². The molecule has 5 heteroatoms. The highest BCUT2D eigenvalue weighted by Gasteiger charge is 2.29. The van der Waals surface area contributed by atoms with Gasteiger partial charge in [-0.3, -0.25) is 9.69 Å². The van der Waals surface area contributed by atoms with Crippen LogP contribution in [0.5, 0.6) is 0 Å². The molecule has 1 saturated heterocycles. The molecule has 1 aromatic carbocycles. The van der Waals surface area contributed by atoms with E-state index in [4.69, 9.17) is 5.73 Å². The number of piperazine rings is 1. The number of anilines is 1. The molecular formula is C13H18BrN3O. The number of carbonyl (C=O) groups excluding carboxylic acids is 1. The number of nitrogens with zero attached hydrogens (tertiary/aromatic N) is 2. The van der Waals surface area contributed by atoms with Gasteiger partial charge in [0, 0.05) is 22.7 Å². The van der Waals surface area contributed by atoms with Gasteiger partial charge in [-0.15, -0.1) is 0 Å². The zero-order valence-electron chi connectivity index (χ0n) is 10.5. The monoisotopic (exact) mass is 311 g/mol. The molecule has 18 heavy (non-hydrogen) atoms. The Morgan fingerprint density at radius 3 is 2.94 bits per heavy atom. The van der Waals surface area contributed by atoms with Gasteiger partial charge in [-0.1, -0.05) is 22.0 Å². The summed E-state index contributed by atoms with van der Waals surface area (Å²) in [5.74, 6) is 0.142. The van der Waals surface area contributed by atoms with E-state index >= 15 is 0 Å². The van der Waals surface area contributed by atoms with Crippen molar-refractivity contribution >= 4 is 27.5 Å². The van der Waals surface area contributed by atoms with E-state index in [1.54, 1.807) is 0 Å². The topological polar surface area (TPSA) is 49.6 Å². The van der Waals surface area contributed by atoms with Gasteiger partial charge in [0.1, 0.15) is 0 Å². The number of carbonyl (C=O) groups is 1. The minimum Gasteiger partial charge on any atom is -0.330 e. The van der Waals surface area contributed by atoms with E-state index in [9.17, 15) is 4.79 Å². The number of amides is 1. The Morgan fingerprint density at radius 2 is 2.28 bits per heavy atom. The first-order chi connectivity index (χ1) is 8.61. The fourth-order valence-corrected chi connectivity index (χ4v) is 2.66. The maximum Gasteiger partial charge on any atom is 0.241 e. The van der Waals surface area contributed by atoms with Gasteiger partial charge in [-0.2, -0.15) is 0 Å². The fraction of sp³-hybridized carbons (Fsp3) is 0.462. The number of hydrogen-bond acceptors (Lipinski definition) is 3. The summed E-state index contributed by atoms with van der Waals surface area (Å²) in [4.78, 5) is 16.0. The zero-order chi connectivity index (χ0) is 13.1. The third-order valence-corrected chi connectivity index (χ3v) is 3.82. The Labute approximate surface area is 116 Å². The van der Waals surface area contributed by atoms with E-state index in [1.165, 1.54) is 0 Å². The van der Waals surface area contributed by atoms with Crippen molar-refractivity contribution in [3.63, 3.8) is 0 Å². The maximum atomic E-state index is 12.1. The maximum absolute atomic E-state index is 12.1. The van der Waals surface area contributed by atoms with Gasteiger partial charge >= 0.3 is 0 Å². The summed E-state index contributed by atoms with van der Waals surface area (Å²) in [5.41, 5.74) is 6.58. The zero-order valence-corrected chi connectivity index (χ0v) is 12.1. The molecule has 1 atom stereocenters.